The molecule has 0 heterocycles. The van der Waals surface area contributed by atoms with Crippen LogP contribution in [0.1, 0.15) is 36.7 Å². The van der Waals surface area contributed by atoms with E-state index in [0.717, 1.165) is 4.47 Å². The monoisotopic (exact) mass is 355 g/mol. The van der Waals surface area contributed by atoms with Crippen molar-refractivity contribution < 1.29 is 9.59 Å². The van der Waals surface area contributed by atoms with E-state index in [1.165, 1.54) is 0 Å². The molecule has 0 spiro atoms. The lowest BCUT2D eigenvalue weighted by molar-refractivity contribution is -0.122. The fourth-order valence-corrected chi connectivity index (χ4v) is 2.21. The van der Waals surface area contributed by atoms with Gasteiger partial charge in [-0.1, -0.05) is 29.8 Å². The molecule has 1 unspecified atom stereocenters. The summed E-state index contributed by atoms with van der Waals surface area (Å²) in [7, 11) is 0. The summed E-state index contributed by atoms with van der Waals surface area (Å²) in [5.74, 6) is -0.144. The Morgan fingerprint density at radius 3 is 2.48 bits per heavy atom. The van der Waals surface area contributed by atoms with Crippen LogP contribution in [0.15, 0.2) is 16.6 Å². The third kappa shape index (κ3) is 5.04. The van der Waals surface area contributed by atoms with Crippen LogP contribution < -0.4 is 16.4 Å². The van der Waals surface area contributed by atoms with Gasteiger partial charge in [-0.2, -0.15) is 0 Å². The van der Waals surface area contributed by atoms with E-state index in [4.69, 9.17) is 5.73 Å². The first-order chi connectivity index (χ1) is 9.72. The van der Waals surface area contributed by atoms with Gasteiger partial charge in [-0.25, -0.2) is 0 Å². The maximum Gasteiger partial charge on any atom is 0.252 e. The van der Waals surface area contributed by atoms with Gasteiger partial charge in [0, 0.05) is 22.3 Å². The van der Waals surface area contributed by atoms with Gasteiger partial charge < -0.3 is 16.4 Å². The van der Waals surface area contributed by atoms with Crippen LogP contribution in [0.25, 0.3) is 0 Å². The summed E-state index contributed by atoms with van der Waals surface area (Å²) in [6.07, 6.45) is 0. The first-order valence-corrected chi connectivity index (χ1v) is 7.65. The molecule has 5 nitrogen and oxygen atoms in total. The van der Waals surface area contributed by atoms with Gasteiger partial charge in [-0.15, -0.1) is 0 Å². The smallest absolute Gasteiger partial charge is 0.252 e. The van der Waals surface area contributed by atoms with Crippen LogP contribution in [-0.2, 0) is 4.79 Å². The summed E-state index contributed by atoms with van der Waals surface area (Å²) < 4.78 is 0.729. The molecule has 0 fully saturated rings. The highest BCUT2D eigenvalue weighted by Crippen LogP contribution is 2.22. The van der Waals surface area contributed by atoms with Gasteiger partial charge in [-0.3, -0.25) is 9.59 Å². The summed E-state index contributed by atoms with van der Waals surface area (Å²) in [4.78, 5) is 24.1. The Morgan fingerprint density at radius 2 is 1.90 bits per heavy atom. The molecular weight excluding hydrogens is 334 g/mol. The number of amides is 2. The number of nitrogen functional groups attached to an aromatic ring is 1. The van der Waals surface area contributed by atoms with Gasteiger partial charge >= 0.3 is 0 Å². The van der Waals surface area contributed by atoms with E-state index in [9.17, 15) is 9.59 Å². The molecule has 0 saturated carbocycles. The molecule has 0 aliphatic carbocycles. The third-order valence-corrected chi connectivity index (χ3v) is 3.54. The molecule has 0 aliphatic rings. The number of benzene rings is 1. The zero-order valence-corrected chi connectivity index (χ0v) is 14.4. The summed E-state index contributed by atoms with van der Waals surface area (Å²) >= 11 is 3.31. The Bertz CT molecular complexity index is 544. The minimum Gasteiger partial charge on any atom is -0.398 e. The van der Waals surface area contributed by atoms with Crippen molar-refractivity contribution >= 4 is 33.4 Å². The summed E-state index contributed by atoms with van der Waals surface area (Å²) in [5, 5.41) is 5.48. The molecule has 0 radical (unpaired) electrons. The lowest BCUT2D eigenvalue weighted by Crippen LogP contribution is -2.45. The van der Waals surface area contributed by atoms with Crippen molar-refractivity contribution in [1.82, 2.24) is 10.6 Å². The van der Waals surface area contributed by atoms with Gasteiger partial charge in [0.2, 0.25) is 5.91 Å². The molecule has 1 atom stereocenters. The van der Waals surface area contributed by atoms with Crippen molar-refractivity contribution in [3.8, 4) is 0 Å². The first kappa shape index (κ1) is 17.5. The fourth-order valence-electron chi connectivity index (χ4n) is 1.73. The molecular formula is C15H22BrN3O2. The average Bonchev–Trinajstić information content (AvgIpc) is 2.39. The van der Waals surface area contributed by atoms with E-state index < -0.39 is 6.04 Å². The number of nitrogens with one attached hydrogen (secondary N) is 2. The number of carbonyl (C=O) groups is 2. The van der Waals surface area contributed by atoms with Crippen molar-refractivity contribution in [2.45, 2.75) is 33.7 Å². The second-order valence-corrected chi connectivity index (χ2v) is 6.42. The normalized spacial score (nSPS) is 12.1. The minimum atomic E-state index is -0.601. The highest BCUT2D eigenvalue weighted by Gasteiger charge is 2.18. The standard InChI is InChI=1S/C15H22BrN3O2/c1-8(2)7-18-14(20)10(4)19-15(21)12-5-11(16)6-13(17)9(12)3/h5-6,8,10H,7,17H2,1-4H3,(H,18,20)(H,19,21). The van der Waals surface area contributed by atoms with Crippen molar-refractivity contribution in [2.75, 3.05) is 12.3 Å². The van der Waals surface area contributed by atoms with Crippen LogP contribution in [0.2, 0.25) is 0 Å². The molecule has 1 rings (SSSR count). The Morgan fingerprint density at radius 1 is 1.29 bits per heavy atom. The van der Waals surface area contributed by atoms with Gasteiger partial charge in [-0.05, 0) is 37.5 Å². The number of hydrogen-bond donors (Lipinski definition) is 3. The summed E-state index contributed by atoms with van der Waals surface area (Å²) in [6, 6.07) is 2.83. The predicted octanol–water partition coefficient (Wildman–Crippen LogP) is 2.23. The molecule has 6 heteroatoms. The van der Waals surface area contributed by atoms with Crippen LogP contribution in [0.3, 0.4) is 0 Å². The molecule has 0 aliphatic heterocycles. The average molecular weight is 356 g/mol. The Labute approximate surface area is 133 Å². The molecule has 1 aromatic rings. The van der Waals surface area contributed by atoms with E-state index in [-0.39, 0.29) is 11.8 Å². The van der Waals surface area contributed by atoms with Crippen LogP contribution in [0.4, 0.5) is 5.69 Å². The minimum absolute atomic E-state index is 0.197. The number of carbonyl (C=O) groups excluding carboxylic acids is 2. The SMILES string of the molecule is Cc1c(N)cc(Br)cc1C(=O)NC(C)C(=O)NCC(C)C. The molecule has 116 valence electrons. The van der Waals surface area contributed by atoms with Crippen LogP contribution in [-0.4, -0.2) is 24.4 Å². The van der Waals surface area contributed by atoms with E-state index in [1.54, 1.807) is 26.0 Å². The number of anilines is 1. The second-order valence-electron chi connectivity index (χ2n) is 5.50. The Kier molecular flexibility index (Phi) is 6.20. The molecule has 0 aromatic heterocycles. The summed E-state index contributed by atoms with van der Waals surface area (Å²) in [5.41, 5.74) is 7.54. The maximum absolute atomic E-state index is 12.3. The van der Waals surface area contributed by atoms with E-state index in [0.29, 0.717) is 29.3 Å². The third-order valence-electron chi connectivity index (χ3n) is 3.08. The lowest BCUT2D eigenvalue weighted by Gasteiger charge is -2.16. The van der Waals surface area contributed by atoms with E-state index in [2.05, 4.69) is 26.6 Å². The van der Waals surface area contributed by atoms with Gasteiger partial charge in [0.25, 0.3) is 5.91 Å². The van der Waals surface area contributed by atoms with Crippen LogP contribution in [0.5, 0.6) is 0 Å². The first-order valence-electron chi connectivity index (χ1n) is 6.86. The van der Waals surface area contributed by atoms with Crippen molar-refractivity contribution in [3.05, 3.63) is 27.7 Å². The molecule has 21 heavy (non-hydrogen) atoms. The quantitative estimate of drug-likeness (QED) is 0.708. The second kappa shape index (κ2) is 7.45. The predicted molar refractivity (Wildman–Crippen MR) is 88.1 cm³/mol. The van der Waals surface area contributed by atoms with Crippen LogP contribution >= 0.6 is 15.9 Å². The number of hydrogen-bond acceptors (Lipinski definition) is 3. The number of nitrogens with two attached hydrogens (primary N) is 1. The number of rotatable bonds is 5. The largest absolute Gasteiger partial charge is 0.398 e. The fraction of sp³-hybridized carbons (Fsp3) is 0.467. The van der Waals surface area contributed by atoms with E-state index in [1.807, 2.05) is 13.8 Å². The zero-order valence-electron chi connectivity index (χ0n) is 12.8. The molecule has 2 amide bonds. The van der Waals surface area contributed by atoms with Crippen molar-refractivity contribution in [1.29, 1.82) is 0 Å². The Balaban J connectivity index is 2.75. The molecule has 1 aromatic carbocycles. The highest BCUT2D eigenvalue weighted by molar-refractivity contribution is 9.10. The molecule has 0 bridgehead atoms. The van der Waals surface area contributed by atoms with E-state index >= 15 is 0 Å². The van der Waals surface area contributed by atoms with Gasteiger partial charge in [0.15, 0.2) is 0 Å². The van der Waals surface area contributed by atoms with Gasteiger partial charge in [0.05, 0.1) is 0 Å². The van der Waals surface area contributed by atoms with Gasteiger partial charge in [0.1, 0.15) is 6.04 Å². The Hall–Kier alpha value is -1.56. The maximum atomic E-state index is 12.3. The lowest BCUT2D eigenvalue weighted by atomic mass is 10.1. The highest BCUT2D eigenvalue weighted by atomic mass is 79.9. The summed E-state index contributed by atoms with van der Waals surface area (Å²) in [6.45, 7) is 8.04. The number of halogens is 1. The van der Waals surface area contributed by atoms with Crippen molar-refractivity contribution in [2.24, 2.45) is 5.92 Å². The topological polar surface area (TPSA) is 84.2 Å². The van der Waals surface area contributed by atoms with Crippen molar-refractivity contribution in [3.63, 3.8) is 0 Å². The van der Waals surface area contributed by atoms with Crippen LogP contribution in [0, 0.1) is 12.8 Å². The zero-order chi connectivity index (χ0) is 16.2. The molecule has 4 N–H and O–H groups in total. The molecule has 0 saturated heterocycles.